The maximum absolute atomic E-state index is 12.1. The van der Waals surface area contributed by atoms with E-state index in [9.17, 15) is 14.4 Å². The molecule has 4 rings (SSSR count). The molecule has 11 nitrogen and oxygen atoms in total. The molecule has 4 aromatic rings. The lowest BCUT2D eigenvalue weighted by Crippen LogP contribution is -2.43. The lowest BCUT2D eigenvalue weighted by molar-refractivity contribution is -0.127. The minimum Gasteiger partial charge on any atom is -0.490 e. The summed E-state index contributed by atoms with van der Waals surface area (Å²) in [6.45, 7) is 9.97. The number of benzene rings is 1. The third kappa shape index (κ3) is 10.1. The quantitative estimate of drug-likeness (QED) is 0.269. The van der Waals surface area contributed by atoms with Gasteiger partial charge >= 0.3 is 0 Å². The Kier molecular flexibility index (Phi) is 11.7. The number of amides is 1. The van der Waals surface area contributed by atoms with E-state index in [1.807, 2.05) is 52.2 Å². The van der Waals surface area contributed by atoms with Crippen LogP contribution in [0.15, 0.2) is 66.0 Å². The van der Waals surface area contributed by atoms with Gasteiger partial charge in [0.2, 0.25) is 5.91 Å². The number of rotatable bonds is 11. The molecule has 0 aliphatic rings. The Hall–Kier alpha value is -4.67. The zero-order chi connectivity index (χ0) is 30.6. The van der Waals surface area contributed by atoms with Gasteiger partial charge in [-0.2, -0.15) is 10.2 Å². The summed E-state index contributed by atoms with van der Waals surface area (Å²) in [4.78, 5) is 43.2. The van der Waals surface area contributed by atoms with E-state index in [1.165, 1.54) is 17.2 Å². The molecule has 0 aliphatic heterocycles. The topological polar surface area (TPSA) is 134 Å². The number of aromatic nitrogens is 6. The fraction of sp³-hybridized carbons (Fsp3) is 0.387. The van der Waals surface area contributed by atoms with Crippen molar-refractivity contribution in [3.63, 3.8) is 0 Å². The van der Waals surface area contributed by atoms with Crippen LogP contribution >= 0.6 is 0 Å². The number of carbonyl (C=O) groups is 2. The molecule has 222 valence electrons. The SMILES string of the molecule is CC(=O)N[C@H](C(=O)CCCOc1cnc(C)nc1)C(C)C.Cc1cccc(Cn2nc(-c3cnn(C)c3)ccc2=O)c1. The Bertz CT molecular complexity index is 1530. The molecule has 0 unspecified atom stereocenters. The third-order valence-electron chi connectivity index (χ3n) is 6.25. The zero-order valence-electron chi connectivity index (χ0n) is 25.1. The largest absolute Gasteiger partial charge is 0.490 e. The van der Waals surface area contributed by atoms with Crippen LogP contribution in [0.1, 0.15) is 50.6 Å². The molecule has 0 fully saturated rings. The molecule has 1 amide bonds. The van der Waals surface area contributed by atoms with Gasteiger partial charge in [-0.05, 0) is 37.8 Å². The maximum Gasteiger partial charge on any atom is 0.267 e. The van der Waals surface area contributed by atoms with Gasteiger partial charge in [0, 0.05) is 38.2 Å². The molecule has 0 spiro atoms. The average Bonchev–Trinajstić information content (AvgIpc) is 3.38. The van der Waals surface area contributed by atoms with E-state index in [4.69, 9.17) is 4.74 Å². The van der Waals surface area contributed by atoms with E-state index in [0.29, 0.717) is 37.6 Å². The van der Waals surface area contributed by atoms with Crippen molar-refractivity contribution < 1.29 is 14.3 Å². The Labute approximate surface area is 246 Å². The van der Waals surface area contributed by atoms with Crippen LogP contribution in [0.3, 0.4) is 0 Å². The maximum atomic E-state index is 12.1. The van der Waals surface area contributed by atoms with E-state index >= 15 is 0 Å². The molecular formula is C31H39N7O4. The number of hydrogen-bond acceptors (Lipinski definition) is 8. The number of ether oxygens (including phenoxy) is 1. The number of hydrogen-bond donors (Lipinski definition) is 1. The van der Waals surface area contributed by atoms with Gasteiger partial charge in [-0.1, -0.05) is 43.7 Å². The molecule has 11 heteroatoms. The van der Waals surface area contributed by atoms with Crippen LogP contribution in [0, 0.1) is 19.8 Å². The van der Waals surface area contributed by atoms with Gasteiger partial charge in [-0.3, -0.25) is 19.1 Å². The summed E-state index contributed by atoms with van der Waals surface area (Å²) < 4.78 is 8.67. The average molecular weight is 574 g/mol. The number of Topliss-reactive ketones (excluding diaryl/α,β-unsaturated/α-hetero) is 1. The first-order valence-electron chi connectivity index (χ1n) is 13.9. The van der Waals surface area contributed by atoms with Crippen LogP contribution < -0.4 is 15.6 Å². The molecule has 3 heterocycles. The second-order valence-electron chi connectivity index (χ2n) is 10.4. The first kappa shape index (κ1) is 31.9. The predicted molar refractivity (Wildman–Crippen MR) is 160 cm³/mol. The standard InChI is InChI=1S/C16H16N4O.C15H23N3O3/c1-12-4-3-5-13(8-12)10-20-16(21)7-6-15(18-20)14-9-17-19(2)11-14;1-10(2)15(18-12(4)19)14(20)6-5-7-21-13-8-16-11(3)17-9-13/h3-9,11H,10H2,1-2H3;8-10,15H,5-7H2,1-4H3,(H,18,19)/t;15-/m.0/s1. The highest BCUT2D eigenvalue weighted by Crippen LogP contribution is 2.14. The van der Waals surface area contributed by atoms with Gasteiger partial charge in [-0.15, -0.1) is 0 Å². The van der Waals surface area contributed by atoms with Gasteiger partial charge in [0.1, 0.15) is 5.82 Å². The molecule has 0 saturated carbocycles. The van der Waals surface area contributed by atoms with Crippen molar-refractivity contribution in [2.45, 2.75) is 60.0 Å². The van der Waals surface area contributed by atoms with Gasteiger partial charge in [-0.25, -0.2) is 14.6 Å². The highest BCUT2D eigenvalue weighted by atomic mass is 16.5. The Morgan fingerprint density at radius 1 is 1.05 bits per heavy atom. The predicted octanol–water partition coefficient (Wildman–Crippen LogP) is 3.67. The lowest BCUT2D eigenvalue weighted by atomic mass is 9.97. The molecule has 3 aromatic heterocycles. The van der Waals surface area contributed by atoms with Crippen molar-refractivity contribution in [2.75, 3.05) is 6.61 Å². The first-order chi connectivity index (χ1) is 20.0. The molecule has 1 N–H and O–H groups in total. The Balaban J connectivity index is 0.000000230. The van der Waals surface area contributed by atoms with Crippen LogP contribution in [0.25, 0.3) is 11.3 Å². The van der Waals surface area contributed by atoms with Gasteiger partial charge in [0.05, 0.1) is 43.5 Å². The number of ketones is 1. The second kappa shape index (κ2) is 15.4. The highest BCUT2D eigenvalue weighted by molar-refractivity contribution is 5.88. The Morgan fingerprint density at radius 2 is 1.79 bits per heavy atom. The highest BCUT2D eigenvalue weighted by Gasteiger charge is 2.22. The number of nitrogens with one attached hydrogen (secondary N) is 1. The summed E-state index contributed by atoms with van der Waals surface area (Å²) >= 11 is 0. The van der Waals surface area contributed by atoms with Crippen molar-refractivity contribution in [3.05, 3.63) is 88.5 Å². The van der Waals surface area contributed by atoms with Crippen LogP contribution in [-0.4, -0.2) is 53.9 Å². The van der Waals surface area contributed by atoms with Crippen LogP contribution in [-0.2, 0) is 23.2 Å². The molecule has 1 atom stereocenters. The third-order valence-corrected chi connectivity index (χ3v) is 6.25. The van der Waals surface area contributed by atoms with Crippen molar-refractivity contribution in [2.24, 2.45) is 13.0 Å². The monoisotopic (exact) mass is 573 g/mol. The fourth-order valence-electron chi connectivity index (χ4n) is 4.14. The van der Waals surface area contributed by atoms with Crippen LogP contribution in [0.4, 0.5) is 0 Å². The lowest BCUT2D eigenvalue weighted by Gasteiger charge is -2.20. The molecule has 0 bridgehead atoms. The summed E-state index contributed by atoms with van der Waals surface area (Å²) in [5.74, 6) is 1.20. The second-order valence-corrected chi connectivity index (χ2v) is 10.4. The van der Waals surface area contributed by atoms with Crippen molar-refractivity contribution in [1.82, 2.24) is 34.8 Å². The molecule has 0 radical (unpaired) electrons. The van der Waals surface area contributed by atoms with E-state index < -0.39 is 6.04 Å². The van der Waals surface area contributed by atoms with Gasteiger partial charge in [0.25, 0.3) is 5.56 Å². The molecule has 0 aliphatic carbocycles. The molecular weight excluding hydrogens is 534 g/mol. The summed E-state index contributed by atoms with van der Waals surface area (Å²) in [7, 11) is 1.85. The van der Waals surface area contributed by atoms with Gasteiger partial charge in [0.15, 0.2) is 11.5 Å². The van der Waals surface area contributed by atoms with Crippen molar-refractivity contribution in [1.29, 1.82) is 0 Å². The smallest absolute Gasteiger partial charge is 0.267 e. The number of aryl methyl sites for hydroxylation is 3. The minimum atomic E-state index is -0.426. The number of nitrogens with zero attached hydrogens (tertiary/aromatic N) is 6. The summed E-state index contributed by atoms with van der Waals surface area (Å²) in [5, 5.41) is 11.3. The summed E-state index contributed by atoms with van der Waals surface area (Å²) in [6, 6.07) is 10.9. The first-order valence-corrected chi connectivity index (χ1v) is 13.9. The van der Waals surface area contributed by atoms with E-state index in [1.54, 1.807) is 42.3 Å². The molecule has 42 heavy (non-hydrogen) atoms. The Morgan fingerprint density at radius 3 is 2.40 bits per heavy atom. The van der Waals surface area contributed by atoms with E-state index in [2.05, 4.69) is 31.5 Å². The number of carbonyl (C=O) groups excluding carboxylic acids is 2. The van der Waals surface area contributed by atoms with Crippen molar-refractivity contribution >= 4 is 11.7 Å². The van der Waals surface area contributed by atoms with E-state index in [0.717, 1.165) is 16.8 Å². The van der Waals surface area contributed by atoms with Crippen LogP contribution in [0.5, 0.6) is 5.75 Å². The van der Waals surface area contributed by atoms with E-state index in [-0.39, 0.29) is 23.2 Å². The fourth-order valence-corrected chi connectivity index (χ4v) is 4.14. The van der Waals surface area contributed by atoms with Crippen LogP contribution in [0.2, 0.25) is 0 Å². The summed E-state index contributed by atoms with van der Waals surface area (Å²) in [6.07, 6.45) is 7.80. The molecule has 1 aromatic carbocycles. The normalized spacial score (nSPS) is 11.4. The van der Waals surface area contributed by atoms with Gasteiger partial charge < -0.3 is 10.1 Å². The summed E-state index contributed by atoms with van der Waals surface area (Å²) in [5.41, 5.74) is 3.77. The van der Waals surface area contributed by atoms with Crippen molar-refractivity contribution in [3.8, 4) is 17.0 Å². The minimum absolute atomic E-state index is 0.0314. The molecule has 0 saturated heterocycles. The zero-order valence-corrected chi connectivity index (χ0v) is 25.1.